The summed E-state index contributed by atoms with van der Waals surface area (Å²) in [5.41, 5.74) is 10.6. The van der Waals surface area contributed by atoms with Gasteiger partial charge in [-0.3, -0.25) is 0 Å². The predicted octanol–water partition coefficient (Wildman–Crippen LogP) is 5.09. The Balaban J connectivity index is 1.87. The van der Waals surface area contributed by atoms with Gasteiger partial charge in [0.15, 0.2) is 0 Å². The van der Waals surface area contributed by atoms with Gasteiger partial charge in [0.2, 0.25) is 0 Å². The molecule has 2 aromatic heterocycles. The molecule has 1 aliphatic rings. The molecule has 5 nitrogen and oxygen atoms in total. The molecule has 1 aromatic carbocycles. The van der Waals surface area contributed by atoms with Crippen LogP contribution in [0.15, 0.2) is 46.4 Å². The van der Waals surface area contributed by atoms with Crippen molar-refractivity contribution in [3.05, 3.63) is 75.9 Å². The molecular formula is C23H15FN4O. The summed E-state index contributed by atoms with van der Waals surface area (Å²) in [6.07, 6.45) is 1.80. The number of rotatable bonds is 2. The molecule has 2 heterocycles. The summed E-state index contributed by atoms with van der Waals surface area (Å²) in [4.78, 5) is 4.30. The van der Waals surface area contributed by atoms with E-state index in [0.29, 0.717) is 45.0 Å². The summed E-state index contributed by atoms with van der Waals surface area (Å²) in [6.45, 7) is 3.61. The highest BCUT2D eigenvalue weighted by Gasteiger charge is 2.29. The normalized spacial score (nSPS) is 14.0. The number of hydrogen-bond donors (Lipinski definition) is 1. The third-order valence-electron chi connectivity index (χ3n) is 5.01. The molecule has 0 saturated heterocycles. The van der Waals surface area contributed by atoms with Crippen molar-refractivity contribution in [2.24, 2.45) is 0 Å². The van der Waals surface area contributed by atoms with Crippen LogP contribution in [0.5, 0.6) is 0 Å². The highest BCUT2D eigenvalue weighted by atomic mass is 19.1. The number of pyridine rings is 1. The van der Waals surface area contributed by atoms with Crippen LogP contribution in [0.3, 0.4) is 0 Å². The number of nitrogens with zero attached hydrogens (tertiary/aromatic N) is 3. The van der Waals surface area contributed by atoms with Gasteiger partial charge in [0.1, 0.15) is 35.3 Å². The monoisotopic (exact) mass is 382 g/mol. The second-order valence-corrected chi connectivity index (χ2v) is 6.71. The maximum atomic E-state index is 13.5. The highest BCUT2D eigenvalue weighted by Crippen LogP contribution is 2.44. The van der Waals surface area contributed by atoms with Gasteiger partial charge in [-0.05, 0) is 60.9 Å². The zero-order valence-electron chi connectivity index (χ0n) is 15.7. The fraction of sp³-hybridized carbons (Fsp3) is 0.0870. The van der Waals surface area contributed by atoms with Crippen molar-refractivity contribution >= 4 is 23.0 Å². The molecule has 1 aliphatic carbocycles. The zero-order chi connectivity index (χ0) is 20.7. The summed E-state index contributed by atoms with van der Waals surface area (Å²) in [6, 6.07) is 13.9. The second kappa shape index (κ2) is 6.78. The number of anilines is 1. The first-order valence-electron chi connectivity index (χ1n) is 8.84. The number of benzene rings is 1. The van der Waals surface area contributed by atoms with Crippen molar-refractivity contribution in [1.82, 2.24) is 4.98 Å². The van der Waals surface area contributed by atoms with Crippen LogP contribution in [0.25, 0.3) is 28.5 Å². The number of hydrogen-bond acceptors (Lipinski definition) is 5. The molecule has 0 aliphatic heterocycles. The van der Waals surface area contributed by atoms with Crippen LogP contribution in [0.1, 0.15) is 35.1 Å². The first-order chi connectivity index (χ1) is 13.9. The number of nitrogens with two attached hydrogens (primary N) is 1. The molecule has 0 bridgehead atoms. The molecule has 0 amide bonds. The maximum absolute atomic E-state index is 13.5. The predicted molar refractivity (Wildman–Crippen MR) is 108 cm³/mol. The average molecular weight is 382 g/mol. The Morgan fingerprint density at radius 1 is 1.14 bits per heavy atom. The lowest BCUT2D eigenvalue weighted by Gasteiger charge is -2.10. The van der Waals surface area contributed by atoms with E-state index in [2.05, 4.69) is 17.1 Å². The molecule has 140 valence electrons. The van der Waals surface area contributed by atoms with Crippen molar-refractivity contribution in [3.8, 4) is 23.5 Å². The Labute approximate surface area is 166 Å². The lowest BCUT2D eigenvalue weighted by atomic mass is 9.96. The van der Waals surface area contributed by atoms with Crippen LogP contribution >= 0.6 is 0 Å². The molecular weight excluding hydrogens is 367 g/mol. The maximum Gasteiger partial charge on any atom is 0.142 e. The van der Waals surface area contributed by atoms with E-state index in [1.54, 1.807) is 37.3 Å². The van der Waals surface area contributed by atoms with Crippen LogP contribution in [0.2, 0.25) is 0 Å². The van der Waals surface area contributed by atoms with Crippen LogP contribution in [-0.2, 0) is 0 Å². The standard InChI is InChI=1S/C23H15FN4O/c1-12-17(9-16-6-7-20(29-16)14-4-3-5-15(24)8-14)21-13(2)19(11-26)23(27)28-22(21)18(12)10-25/h3-9H,1-2H3,(H2,27,28)/b17-9-. The van der Waals surface area contributed by atoms with E-state index in [0.717, 1.165) is 11.1 Å². The minimum Gasteiger partial charge on any atom is -0.457 e. The van der Waals surface area contributed by atoms with Gasteiger partial charge < -0.3 is 10.2 Å². The van der Waals surface area contributed by atoms with E-state index in [1.165, 1.54) is 12.1 Å². The van der Waals surface area contributed by atoms with Gasteiger partial charge in [-0.1, -0.05) is 12.1 Å². The molecule has 6 heteroatoms. The quantitative estimate of drug-likeness (QED) is 0.665. The van der Waals surface area contributed by atoms with Crippen LogP contribution in [0.4, 0.5) is 10.2 Å². The highest BCUT2D eigenvalue weighted by molar-refractivity contribution is 6.08. The summed E-state index contributed by atoms with van der Waals surface area (Å²) in [5, 5.41) is 19.0. The first kappa shape index (κ1) is 18.2. The first-order valence-corrected chi connectivity index (χ1v) is 8.84. The number of nitriles is 2. The lowest BCUT2D eigenvalue weighted by molar-refractivity contribution is 0.570. The van der Waals surface area contributed by atoms with E-state index in [1.807, 2.05) is 6.92 Å². The van der Waals surface area contributed by atoms with Gasteiger partial charge in [-0.25, -0.2) is 9.37 Å². The van der Waals surface area contributed by atoms with Crippen LogP contribution in [-0.4, -0.2) is 4.98 Å². The number of halogens is 1. The number of furan rings is 1. The Hall–Kier alpha value is -4.16. The topological polar surface area (TPSA) is 99.6 Å². The number of aromatic nitrogens is 1. The molecule has 4 rings (SSSR count). The van der Waals surface area contributed by atoms with Gasteiger partial charge in [-0.15, -0.1) is 0 Å². The van der Waals surface area contributed by atoms with E-state index in [9.17, 15) is 14.9 Å². The van der Waals surface area contributed by atoms with E-state index in [4.69, 9.17) is 10.2 Å². The Kier molecular flexibility index (Phi) is 4.26. The molecule has 0 fully saturated rings. The molecule has 3 aromatic rings. The Morgan fingerprint density at radius 2 is 1.93 bits per heavy atom. The smallest absolute Gasteiger partial charge is 0.142 e. The lowest BCUT2D eigenvalue weighted by Crippen LogP contribution is -2.03. The minimum atomic E-state index is -0.343. The molecule has 0 spiro atoms. The molecule has 0 radical (unpaired) electrons. The van der Waals surface area contributed by atoms with Gasteiger partial charge in [0.25, 0.3) is 0 Å². The van der Waals surface area contributed by atoms with Gasteiger partial charge in [-0.2, -0.15) is 10.5 Å². The third kappa shape index (κ3) is 2.88. The Bertz CT molecular complexity index is 1320. The van der Waals surface area contributed by atoms with Gasteiger partial charge >= 0.3 is 0 Å². The van der Waals surface area contributed by atoms with Crippen molar-refractivity contribution in [1.29, 1.82) is 10.5 Å². The Morgan fingerprint density at radius 3 is 2.62 bits per heavy atom. The molecule has 0 unspecified atom stereocenters. The van der Waals surface area contributed by atoms with Crippen molar-refractivity contribution in [3.63, 3.8) is 0 Å². The summed E-state index contributed by atoms with van der Waals surface area (Å²) < 4.78 is 19.4. The second-order valence-electron chi connectivity index (χ2n) is 6.71. The fourth-order valence-corrected chi connectivity index (χ4v) is 3.57. The molecule has 0 saturated carbocycles. The average Bonchev–Trinajstić information content (AvgIpc) is 3.25. The molecule has 29 heavy (non-hydrogen) atoms. The number of fused-ring (bicyclic) bond motifs is 1. The molecule has 2 N–H and O–H groups in total. The third-order valence-corrected chi connectivity index (χ3v) is 5.01. The van der Waals surface area contributed by atoms with E-state index < -0.39 is 0 Å². The number of nitrogen functional groups attached to an aromatic ring is 1. The zero-order valence-corrected chi connectivity index (χ0v) is 15.7. The summed E-state index contributed by atoms with van der Waals surface area (Å²) >= 11 is 0. The SMILES string of the molecule is CC1=C(C#N)c2nc(N)c(C#N)c(C)c2/C1=C\c1ccc(-c2cccc(F)c2)o1. The van der Waals surface area contributed by atoms with Crippen LogP contribution in [0, 0.1) is 35.4 Å². The van der Waals surface area contributed by atoms with Crippen molar-refractivity contribution in [2.75, 3.05) is 5.73 Å². The number of allylic oxidation sites excluding steroid dienone is 3. The largest absolute Gasteiger partial charge is 0.457 e. The van der Waals surface area contributed by atoms with Gasteiger partial charge in [0.05, 0.1) is 16.8 Å². The summed E-state index contributed by atoms with van der Waals surface area (Å²) in [7, 11) is 0. The van der Waals surface area contributed by atoms with E-state index >= 15 is 0 Å². The van der Waals surface area contributed by atoms with Crippen molar-refractivity contribution < 1.29 is 8.81 Å². The molecule has 0 atom stereocenters. The fourth-order valence-electron chi connectivity index (χ4n) is 3.57. The van der Waals surface area contributed by atoms with Crippen LogP contribution < -0.4 is 5.73 Å². The van der Waals surface area contributed by atoms with Gasteiger partial charge in [0, 0.05) is 11.1 Å². The van der Waals surface area contributed by atoms with Crippen molar-refractivity contribution in [2.45, 2.75) is 13.8 Å². The minimum absolute atomic E-state index is 0.108. The van der Waals surface area contributed by atoms with E-state index in [-0.39, 0.29) is 11.6 Å². The summed E-state index contributed by atoms with van der Waals surface area (Å²) in [5.74, 6) is 0.835.